The maximum atomic E-state index is 13.9. The second-order valence-electron chi connectivity index (χ2n) is 9.92. The summed E-state index contributed by atoms with van der Waals surface area (Å²) in [6.45, 7) is 6.38. The maximum absolute atomic E-state index is 13.9. The highest BCUT2D eigenvalue weighted by Gasteiger charge is 2.47. The molecule has 1 aliphatic carbocycles. The van der Waals surface area contributed by atoms with Gasteiger partial charge >= 0.3 is 0 Å². The molecule has 2 aliphatic rings. The lowest BCUT2D eigenvalue weighted by Gasteiger charge is -2.27. The second-order valence-corrected chi connectivity index (χ2v) is 11.6. The van der Waals surface area contributed by atoms with E-state index in [9.17, 15) is 18.0 Å². The number of Topliss-reactive ketones (excluding diaryl/α,β-unsaturated/α-hetero) is 1. The van der Waals surface area contributed by atoms with Gasteiger partial charge in [-0.3, -0.25) is 29.6 Å². The number of rotatable bonds is 10. The number of nitrogens with one attached hydrogen (secondary N) is 2. The Hall–Kier alpha value is -3.77. The molecule has 1 aromatic carbocycles. The van der Waals surface area contributed by atoms with Gasteiger partial charge in [0.05, 0.1) is 23.9 Å². The zero-order valence-electron chi connectivity index (χ0n) is 23.1. The predicted octanol–water partition coefficient (Wildman–Crippen LogP) is 3.09. The fourth-order valence-corrected chi connectivity index (χ4v) is 6.57. The molecule has 214 valence electrons. The third-order valence-corrected chi connectivity index (χ3v) is 8.32. The quantitative estimate of drug-likeness (QED) is 0.373. The van der Waals surface area contributed by atoms with E-state index < -0.39 is 34.3 Å². The Bertz CT molecular complexity index is 1610. The van der Waals surface area contributed by atoms with Gasteiger partial charge in [0.1, 0.15) is 12.3 Å². The van der Waals surface area contributed by atoms with Crippen molar-refractivity contribution in [2.75, 3.05) is 13.2 Å². The third-order valence-electron chi connectivity index (χ3n) is 7.06. The average molecular weight is 577 g/mol. The van der Waals surface area contributed by atoms with Crippen molar-refractivity contribution in [3.8, 4) is 0 Å². The van der Waals surface area contributed by atoms with Crippen LogP contribution < -0.4 is 10.0 Å². The van der Waals surface area contributed by atoms with Gasteiger partial charge in [0.2, 0.25) is 15.9 Å². The summed E-state index contributed by atoms with van der Waals surface area (Å²) in [6.07, 6.45) is 3.38. The third kappa shape index (κ3) is 5.98. The fourth-order valence-electron chi connectivity index (χ4n) is 5.46. The molecule has 0 bridgehead atoms. The zero-order chi connectivity index (χ0) is 29.1. The number of carbonyl (C=O) groups excluding carboxylic acids is 2. The number of benzene rings is 1. The van der Waals surface area contributed by atoms with Crippen molar-refractivity contribution in [1.82, 2.24) is 20.0 Å². The first-order chi connectivity index (χ1) is 19.7. The average Bonchev–Trinajstić information content (AvgIpc) is 3.30. The fraction of sp³-hybridized carbons (Fsp3) is 0.333. The van der Waals surface area contributed by atoms with Crippen LogP contribution in [0.3, 0.4) is 0 Å². The topological polar surface area (TPSA) is 137 Å². The van der Waals surface area contributed by atoms with Crippen LogP contribution in [0.2, 0.25) is 0 Å². The summed E-state index contributed by atoms with van der Waals surface area (Å²) in [7, 11) is -3.94. The van der Waals surface area contributed by atoms with E-state index in [2.05, 4.69) is 20.0 Å². The molecule has 3 aromatic rings. The van der Waals surface area contributed by atoms with E-state index in [4.69, 9.17) is 9.47 Å². The molecular formula is C30H32N4O6S. The SMILES string of the molecule is CCOC1NC(c2ccc(CS(=O)(=O)NC(=O)Cc3cccnc3)cc2C)C2=C1c1ncccc1C(OCC)C2=O. The number of aromatic nitrogens is 2. The number of fused-ring (bicyclic) bond motifs is 2. The Kier molecular flexibility index (Phi) is 8.41. The smallest absolute Gasteiger partial charge is 0.239 e. The van der Waals surface area contributed by atoms with Gasteiger partial charge in [0.15, 0.2) is 5.78 Å². The molecule has 0 saturated heterocycles. The van der Waals surface area contributed by atoms with Crippen LogP contribution in [0.5, 0.6) is 0 Å². The van der Waals surface area contributed by atoms with E-state index in [0.717, 1.165) is 11.1 Å². The molecule has 2 aromatic heterocycles. The van der Waals surface area contributed by atoms with Gasteiger partial charge in [0.25, 0.3) is 0 Å². The second kappa shape index (κ2) is 12.0. The molecule has 3 heterocycles. The summed E-state index contributed by atoms with van der Waals surface area (Å²) in [5.74, 6) is -1.15. The van der Waals surface area contributed by atoms with Crippen molar-refractivity contribution in [2.24, 2.45) is 0 Å². The number of sulfonamides is 1. The molecular weight excluding hydrogens is 544 g/mol. The van der Waals surface area contributed by atoms with Crippen LogP contribution in [0.25, 0.3) is 5.57 Å². The summed E-state index contributed by atoms with van der Waals surface area (Å²) in [4.78, 5) is 34.7. The molecule has 0 radical (unpaired) electrons. The maximum Gasteiger partial charge on any atom is 0.239 e. The molecule has 0 spiro atoms. The van der Waals surface area contributed by atoms with E-state index in [1.807, 2.05) is 32.9 Å². The number of ether oxygens (including phenoxy) is 2. The van der Waals surface area contributed by atoms with Gasteiger partial charge in [-0.25, -0.2) is 8.42 Å². The Morgan fingerprint density at radius 2 is 1.78 bits per heavy atom. The van der Waals surface area contributed by atoms with Crippen molar-refractivity contribution in [1.29, 1.82) is 0 Å². The number of nitrogens with zero attached hydrogens (tertiary/aromatic N) is 2. The molecule has 5 rings (SSSR count). The first-order valence-corrected chi connectivity index (χ1v) is 15.1. The molecule has 1 amide bonds. The summed E-state index contributed by atoms with van der Waals surface area (Å²) >= 11 is 0. The first-order valence-electron chi connectivity index (χ1n) is 13.5. The molecule has 3 unspecified atom stereocenters. The zero-order valence-corrected chi connectivity index (χ0v) is 23.9. The number of hydrogen-bond donors (Lipinski definition) is 2. The minimum Gasteiger partial charge on any atom is -0.366 e. The summed E-state index contributed by atoms with van der Waals surface area (Å²) in [5.41, 5.74) is 5.36. The van der Waals surface area contributed by atoms with Crippen molar-refractivity contribution < 1.29 is 27.5 Å². The number of ketones is 1. The summed E-state index contributed by atoms with van der Waals surface area (Å²) in [5, 5.41) is 3.45. The number of hydrogen-bond acceptors (Lipinski definition) is 9. The van der Waals surface area contributed by atoms with Crippen molar-refractivity contribution in [2.45, 2.75) is 51.3 Å². The van der Waals surface area contributed by atoms with Crippen molar-refractivity contribution in [3.05, 3.63) is 100 Å². The molecule has 3 atom stereocenters. The number of carbonyl (C=O) groups is 2. The number of aryl methyl sites for hydroxylation is 1. The minimum atomic E-state index is -3.94. The van der Waals surface area contributed by atoms with Crippen LogP contribution in [0.15, 0.2) is 66.6 Å². The van der Waals surface area contributed by atoms with Gasteiger partial charge in [-0.05, 0) is 55.2 Å². The minimum absolute atomic E-state index is 0.0917. The number of amides is 1. The van der Waals surface area contributed by atoms with Gasteiger partial charge in [-0.15, -0.1) is 0 Å². The highest BCUT2D eigenvalue weighted by Crippen LogP contribution is 2.47. The molecule has 10 nitrogen and oxygen atoms in total. The van der Waals surface area contributed by atoms with Gasteiger partial charge in [-0.2, -0.15) is 0 Å². The van der Waals surface area contributed by atoms with Crippen molar-refractivity contribution in [3.63, 3.8) is 0 Å². The van der Waals surface area contributed by atoms with Gasteiger partial charge in [0, 0.05) is 48.5 Å². The van der Waals surface area contributed by atoms with Crippen LogP contribution in [0.4, 0.5) is 0 Å². The Labute approximate surface area is 239 Å². The van der Waals surface area contributed by atoms with Crippen molar-refractivity contribution >= 4 is 27.3 Å². The predicted molar refractivity (Wildman–Crippen MR) is 152 cm³/mol. The van der Waals surface area contributed by atoms with E-state index in [1.165, 1.54) is 6.20 Å². The van der Waals surface area contributed by atoms with E-state index in [-0.39, 0.29) is 18.0 Å². The van der Waals surface area contributed by atoms with Gasteiger partial charge in [-0.1, -0.05) is 30.3 Å². The lowest BCUT2D eigenvalue weighted by molar-refractivity contribution is -0.127. The highest BCUT2D eigenvalue weighted by atomic mass is 32.2. The molecule has 0 fully saturated rings. The van der Waals surface area contributed by atoms with E-state index in [1.54, 1.807) is 42.7 Å². The normalized spacial score (nSPS) is 20.1. The standard InChI is InChI=1S/C30H32N4O6S/c1-4-39-29-22-9-7-13-32-26(22)25-24(28(29)36)27(33-30(25)40-5-2)21-11-10-20(14-18(21)3)17-41(37,38)34-23(35)15-19-8-6-12-31-16-19/h6-14,16,27,29-30,33H,4-5,15,17H2,1-3H3,(H,34,35). The Balaban J connectivity index is 1.41. The molecule has 0 saturated carbocycles. The lowest BCUT2D eigenvalue weighted by atomic mass is 9.82. The van der Waals surface area contributed by atoms with Crippen LogP contribution in [0, 0.1) is 6.92 Å². The molecule has 11 heteroatoms. The highest BCUT2D eigenvalue weighted by molar-refractivity contribution is 7.89. The first kappa shape index (κ1) is 28.7. The van der Waals surface area contributed by atoms with E-state index in [0.29, 0.717) is 46.7 Å². The molecule has 2 N–H and O–H groups in total. The number of pyridine rings is 2. The van der Waals surface area contributed by atoms with Crippen LogP contribution in [-0.2, 0) is 41.3 Å². The molecule has 1 aliphatic heterocycles. The van der Waals surface area contributed by atoms with E-state index >= 15 is 0 Å². The largest absolute Gasteiger partial charge is 0.366 e. The summed E-state index contributed by atoms with van der Waals surface area (Å²) in [6, 6.07) is 11.8. The Morgan fingerprint density at radius 3 is 2.49 bits per heavy atom. The monoisotopic (exact) mass is 576 g/mol. The van der Waals surface area contributed by atoms with Crippen LogP contribution in [-0.4, -0.2) is 49.5 Å². The molecule has 41 heavy (non-hydrogen) atoms. The lowest BCUT2D eigenvalue weighted by Crippen LogP contribution is -2.33. The van der Waals surface area contributed by atoms with Gasteiger partial charge < -0.3 is 9.47 Å². The van der Waals surface area contributed by atoms with Crippen LogP contribution in [0.1, 0.15) is 59.5 Å². The van der Waals surface area contributed by atoms with Crippen LogP contribution >= 0.6 is 0 Å². The Morgan fingerprint density at radius 1 is 1.00 bits per heavy atom. The summed E-state index contributed by atoms with van der Waals surface area (Å²) < 4.78 is 39.6.